The summed E-state index contributed by atoms with van der Waals surface area (Å²) in [6.07, 6.45) is 0.199. The highest BCUT2D eigenvalue weighted by molar-refractivity contribution is 5.68. The number of benzene rings is 1. The molecule has 18 heavy (non-hydrogen) atoms. The van der Waals surface area contributed by atoms with Crippen molar-refractivity contribution in [2.75, 3.05) is 6.61 Å². The molecular weight excluding hydrogens is 232 g/mol. The smallest absolute Gasteiger partial charge is 0.174 e. The number of carboxylic acids is 1. The first-order chi connectivity index (χ1) is 8.57. The average molecular weight is 249 g/mol. The predicted molar refractivity (Wildman–Crippen MR) is 63.4 cm³/mol. The Bertz CT molecular complexity index is 417. The van der Waals surface area contributed by atoms with Gasteiger partial charge in [-0.3, -0.25) is 0 Å². The van der Waals surface area contributed by atoms with Gasteiger partial charge in [-0.05, 0) is 18.9 Å². The summed E-state index contributed by atoms with van der Waals surface area (Å²) in [5.74, 6) is -2.99. The minimum absolute atomic E-state index is 0.218. The normalized spacial score (nSPS) is 29.1. The lowest BCUT2D eigenvalue weighted by atomic mass is 9.97. The van der Waals surface area contributed by atoms with Crippen molar-refractivity contribution < 1.29 is 19.4 Å². The second-order valence-electron chi connectivity index (χ2n) is 4.62. The van der Waals surface area contributed by atoms with Crippen molar-refractivity contribution in [2.45, 2.75) is 32.2 Å². The van der Waals surface area contributed by atoms with E-state index in [-0.39, 0.29) is 6.10 Å². The molecule has 0 saturated carbocycles. The van der Waals surface area contributed by atoms with E-state index < -0.39 is 17.7 Å². The lowest BCUT2D eigenvalue weighted by Gasteiger charge is -2.32. The quantitative estimate of drug-likeness (QED) is 0.806. The average Bonchev–Trinajstić information content (AvgIpc) is 2.74. The Balaban J connectivity index is 2.14. The van der Waals surface area contributed by atoms with Crippen LogP contribution < -0.4 is 5.11 Å². The predicted octanol–water partition coefficient (Wildman–Crippen LogP) is 1.27. The van der Waals surface area contributed by atoms with Gasteiger partial charge in [-0.1, -0.05) is 37.3 Å². The molecule has 1 fully saturated rings. The van der Waals surface area contributed by atoms with Gasteiger partial charge in [0.15, 0.2) is 5.79 Å². The van der Waals surface area contributed by atoms with Crippen molar-refractivity contribution in [1.82, 2.24) is 0 Å². The van der Waals surface area contributed by atoms with Crippen molar-refractivity contribution in [3.05, 3.63) is 35.9 Å². The van der Waals surface area contributed by atoms with Gasteiger partial charge in [-0.15, -0.1) is 0 Å². The van der Waals surface area contributed by atoms with Gasteiger partial charge in [0.05, 0.1) is 12.5 Å². The molecule has 1 aliphatic rings. The fourth-order valence-corrected chi connectivity index (χ4v) is 2.36. The zero-order valence-corrected chi connectivity index (χ0v) is 10.6. The number of ether oxygens (including phenoxy) is 2. The summed E-state index contributed by atoms with van der Waals surface area (Å²) in [4.78, 5) is 11.1. The SMILES string of the molecule is CCC(C(=O)[O-])C1(C)OCC(c2ccccc2)O1. The first kappa shape index (κ1) is 13.1. The Morgan fingerprint density at radius 2 is 2.17 bits per heavy atom. The molecule has 0 bridgehead atoms. The molecule has 0 radical (unpaired) electrons. The van der Waals surface area contributed by atoms with E-state index in [0.717, 1.165) is 5.56 Å². The molecule has 3 unspecified atom stereocenters. The van der Waals surface area contributed by atoms with E-state index in [1.54, 1.807) is 13.8 Å². The standard InChI is InChI=1S/C14H18O4/c1-3-11(13(15)16)14(2)17-9-12(18-14)10-7-5-4-6-8-10/h4-8,11-12H,3,9H2,1-2H3,(H,15,16)/p-1. The van der Waals surface area contributed by atoms with Crippen LogP contribution in [0.3, 0.4) is 0 Å². The summed E-state index contributed by atoms with van der Waals surface area (Å²) in [6, 6.07) is 9.66. The summed E-state index contributed by atoms with van der Waals surface area (Å²) in [6.45, 7) is 3.82. The van der Waals surface area contributed by atoms with Crippen LogP contribution in [0.2, 0.25) is 0 Å². The van der Waals surface area contributed by atoms with E-state index in [0.29, 0.717) is 13.0 Å². The molecule has 0 aromatic heterocycles. The summed E-state index contributed by atoms with van der Waals surface area (Å²) in [5, 5.41) is 11.1. The Hall–Kier alpha value is -1.39. The molecule has 1 heterocycles. The Morgan fingerprint density at radius 3 is 2.72 bits per heavy atom. The highest BCUT2D eigenvalue weighted by atomic mass is 16.7. The van der Waals surface area contributed by atoms with Crippen molar-refractivity contribution in [3.8, 4) is 0 Å². The van der Waals surface area contributed by atoms with Gasteiger partial charge in [0.2, 0.25) is 0 Å². The third-order valence-corrected chi connectivity index (χ3v) is 3.39. The van der Waals surface area contributed by atoms with Crippen LogP contribution in [0.15, 0.2) is 30.3 Å². The summed E-state index contributed by atoms with van der Waals surface area (Å²) in [5.41, 5.74) is 0.995. The molecule has 4 heteroatoms. The molecule has 1 aromatic rings. The largest absolute Gasteiger partial charge is 0.550 e. The number of aliphatic carboxylic acids is 1. The first-order valence-corrected chi connectivity index (χ1v) is 6.14. The molecule has 1 aliphatic heterocycles. The molecule has 98 valence electrons. The van der Waals surface area contributed by atoms with Gasteiger partial charge in [0, 0.05) is 5.97 Å². The van der Waals surface area contributed by atoms with E-state index in [1.165, 1.54) is 0 Å². The summed E-state index contributed by atoms with van der Waals surface area (Å²) in [7, 11) is 0. The number of hydrogen-bond acceptors (Lipinski definition) is 4. The topological polar surface area (TPSA) is 58.6 Å². The van der Waals surface area contributed by atoms with Gasteiger partial charge >= 0.3 is 0 Å². The Labute approximate surface area is 107 Å². The zero-order valence-electron chi connectivity index (χ0n) is 10.6. The van der Waals surface area contributed by atoms with Crippen LogP contribution in [0.5, 0.6) is 0 Å². The van der Waals surface area contributed by atoms with Crippen molar-refractivity contribution >= 4 is 5.97 Å². The van der Waals surface area contributed by atoms with Gasteiger partial charge in [0.25, 0.3) is 0 Å². The van der Waals surface area contributed by atoms with Crippen LogP contribution in [-0.4, -0.2) is 18.4 Å². The zero-order chi connectivity index (χ0) is 13.2. The molecule has 1 saturated heterocycles. The minimum Gasteiger partial charge on any atom is -0.550 e. The van der Waals surface area contributed by atoms with Crippen LogP contribution in [0.25, 0.3) is 0 Å². The highest BCUT2D eigenvalue weighted by Crippen LogP contribution is 2.38. The van der Waals surface area contributed by atoms with Gasteiger partial charge in [-0.2, -0.15) is 0 Å². The number of rotatable bonds is 4. The van der Waals surface area contributed by atoms with E-state index in [1.807, 2.05) is 30.3 Å². The number of carbonyl (C=O) groups is 1. The van der Waals surface area contributed by atoms with Crippen LogP contribution in [0.4, 0.5) is 0 Å². The molecule has 0 N–H and O–H groups in total. The third kappa shape index (κ3) is 2.40. The maximum Gasteiger partial charge on any atom is 0.174 e. The van der Waals surface area contributed by atoms with Crippen LogP contribution >= 0.6 is 0 Å². The second kappa shape index (κ2) is 5.08. The molecule has 0 aliphatic carbocycles. The highest BCUT2D eigenvalue weighted by Gasteiger charge is 2.44. The monoisotopic (exact) mass is 249 g/mol. The van der Waals surface area contributed by atoms with Gasteiger partial charge < -0.3 is 19.4 Å². The molecule has 3 atom stereocenters. The maximum absolute atomic E-state index is 11.1. The van der Waals surface area contributed by atoms with E-state index in [2.05, 4.69) is 0 Å². The van der Waals surface area contributed by atoms with Gasteiger partial charge in [0.1, 0.15) is 6.10 Å². The molecule has 2 rings (SSSR count). The van der Waals surface area contributed by atoms with Crippen LogP contribution in [0, 0.1) is 5.92 Å². The fourth-order valence-electron chi connectivity index (χ4n) is 2.36. The molecule has 1 aromatic carbocycles. The molecule has 4 nitrogen and oxygen atoms in total. The Kier molecular flexibility index (Phi) is 3.68. The number of hydrogen-bond donors (Lipinski definition) is 0. The van der Waals surface area contributed by atoms with Crippen LogP contribution in [-0.2, 0) is 14.3 Å². The lowest BCUT2D eigenvalue weighted by molar-refractivity contribution is -0.326. The molecule has 0 spiro atoms. The number of carboxylic acid groups (broad SMARTS) is 1. The van der Waals surface area contributed by atoms with E-state index in [9.17, 15) is 9.90 Å². The van der Waals surface area contributed by atoms with Crippen molar-refractivity contribution in [3.63, 3.8) is 0 Å². The lowest BCUT2D eigenvalue weighted by Crippen LogP contribution is -2.46. The fraction of sp³-hybridized carbons (Fsp3) is 0.500. The van der Waals surface area contributed by atoms with Gasteiger partial charge in [-0.25, -0.2) is 0 Å². The second-order valence-corrected chi connectivity index (χ2v) is 4.62. The molecule has 0 amide bonds. The first-order valence-electron chi connectivity index (χ1n) is 6.14. The number of carbonyl (C=O) groups excluding carboxylic acids is 1. The van der Waals surface area contributed by atoms with Crippen molar-refractivity contribution in [1.29, 1.82) is 0 Å². The maximum atomic E-state index is 11.1. The van der Waals surface area contributed by atoms with E-state index >= 15 is 0 Å². The van der Waals surface area contributed by atoms with Crippen LogP contribution in [0.1, 0.15) is 31.9 Å². The third-order valence-electron chi connectivity index (χ3n) is 3.39. The van der Waals surface area contributed by atoms with E-state index in [4.69, 9.17) is 9.47 Å². The summed E-state index contributed by atoms with van der Waals surface area (Å²) < 4.78 is 11.4. The minimum atomic E-state index is -1.13. The van der Waals surface area contributed by atoms with Crippen molar-refractivity contribution in [2.24, 2.45) is 5.92 Å². The molecular formula is C14H17O4-. The summed E-state index contributed by atoms with van der Waals surface area (Å²) >= 11 is 0. The Morgan fingerprint density at radius 1 is 1.50 bits per heavy atom.